The summed E-state index contributed by atoms with van der Waals surface area (Å²) in [5.74, 6) is -2.74. The van der Waals surface area contributed by atoms with E-state index in [4.69, 9.17) is 5.11 Å². The molecule has 2 aliphatic heterocycles. The van der Waals surface area contributed by atoms with E-state index >= 15 is 0 Å². The zero-order valence-electron chi connectivity index (χ0n) is 38.2. The first-order valence-corrected chi connectivity index (χ1v) is 30.1. The van der Waals surface area contributed by atoms with Crippen LogP contribution in [-0.4, -0.2) is 136 Å². The minimum Gasteiger partial charge on any atom is -0.481 e. The number of aliphatic carboxylic acids is 1. The molecule has 0 saturated heterocycles. The number of hydrogen-bond acceptors (Lipinski definition) is 13. The van der Waals surface area contributed by atoms with Gasteiger partial charge in [-0.2, -0.15) is 38.2 Å². The Morgan fingerprint density at radius 1 is 0.765 bits per heavy atom. The molecule has 0 atom stereocenters. The molecule has 0 spiro atoms. The summed E-state index contributed by atoms with van der Waals surface area (Å²) in [5.41, 5.74) is 3.30. The zero-order chi connectivity index (χ0) is 50.8. The fourth-order valence-corrected chi connectivity index (χ4v) is 13.5. The van der Waals surface area contributed by atoms with E-state index in [0.717, 1.165) is 15.5 Å². The van der Waals surface area contributed by atoms with Crippen molar-refractivity contribution in [3.63, 3.8) is 0 Å². The highest BCUT2D eigenvalue weighted by atomic mass is 32.2. The van der Waals surface area contributed by atoms with E-state index in [1.165, 1.54) is 49.1 Å². The van der Waals surface area contributed by atoms with Crippen molar-refractivity contribution in [2.75, 3.05) is 54.6 Å². The number of hydrogen-bond donors (Lipinski definition) is 5. The van der Waals surface area contributed by atoms with Crippen LogP contribution in [0.5, 0.6) is 0 Å². The monoisotopic (exact) mass is 1060 g/mol. The van der Waals surface area contributed by atoms with Crippen LogP contribution in [0.3, 0.4) is 0 Å². The van der Waals surface area contributed by atoms with Gasteiger partial charge in [0.25, 0.3) is 40.5 Å². The van der Waals surface area contributed by atoms with Crippen LogP contribution in [0.2, 0.25) is 0 Å². The SMILES string of the molecule is CN(CCCC(=O)O)S(=O)(=O)c1ccc2c(c1)C(C)(C)C(/C=C/C1=C(SCCS(=O)(=O)O)C(=C/C=C3/N(CCCS(=O)(=O)O)c4ccc(S(=O)(=O)O)cc4C3(C)C)/CCC1)=[N+]2CCCS(=O)(=O)O. The summed E-state index contributed by atoms with van der Waals surface area (Å²) in [6.07, 6.45) is 8.90. The van der Waals surface area contributed by atoms with Crippen molar-refractivity contribution in [2.24, 2.45) is 0 Å². The number of nitrogens with zero attached hydrogens (tertiary/aromatic N) is 3. The van der Waals surface area contributed by atoms with E-state index in [9.17, 15) is 65.1 Å². The quantitative estimate of drug-likeness (QED) is 0.0711. The van der Waals surface area contributed by atoms with Crippen LogP contribution in [0.25, 0.3) is 0 Å². The van der Waals surface area contributed by atoms with Crippen molar-refractivity contribution in [3.8, 4) is 0 Å². The lowest BCUT2D eigenvalue weighted by molar-refractivity contribution is -0.437. The van der Waals surface area contributed by atoms with Gasteiger partial charge < -0.3 is 10.0 Å². The maximum absolute atomic E-state index is 13.7. The van der Waals surface area contributed by atoms with E-state index < -0.39 is 84.6 Å². The number of allylic oxidation sites excluding steroid dienone is 7. The summed E-state index contributed by atoms with van der Waals surface area (Å²) >= 11 is 1.20. The lowest BCUT2D eigenvalue weighted by Gasteiger charge is -2.27. The first kappa shape index (κ1) is 55.2. The Morgan fingerprint density at radius 3 is 2.00 bits per heavy atom. The molecule has 1 aliphatic carbocycles. The molecule has 0 unspecified atom stereocenters. The molecular weight excluding hydrogens is 1010 g/mol. The molecule has 0 saturated carbocycles. The van der Waals surface area contributed by atoms with Gasteiger partial charge in [-0.05, 0) is 99.1 Å². The maximum Gasteiger partial charge on any atom is 0.303 e. The smallest absolute Gasteiger partial charge is 0.303 e. The molecule has 0 fully saturated rings. The molecule has 2 aromatic carbocycles. The molecule has 5 N–H and O–H groups in total. The van der Waals surface area contributed by atoms with Crippen LogP contribution in [0.15, 0.2) is 92.2 Å². The van der Waals surface area contributed by atoms with Crippen molar-refractivity contribution in [3.05, 3.63) is 93.6 Å². The highest BCUT2D eigenvalue weighted by Crippen LogP contribution is 2.49. The third-order valence-electron chi connectivity index (χ3n) is 12.1. The van der Waals surface area contributed by atoms with Gasteiger partial charge in [0.1, 0.15) is 6.54 Å². The summed E-state index contributed by atoms with van der Waals surface area (Å²) < 4.78 is 164. The molecule has 68 heavy (non-hydrogen) atoms. The van der Waals surface area contributed by atoms with Gasteiger partial charge in [0.15, 0.2) is 5.71 Å². The van der Waals surface area contributed by atoms with Gasteiger partial charge in [-0.25, -0.2) is 12.7 Å². The highest BCUT2D eigenvalue weighted by Gasteiger charge is 2.45. The Labute approximate surface area is 403 Å². The molecule has 19 nitrogen and oxygen atoms in total. The highest BCUT2D eigenvalue weighted by molar-refractivity contribution is 8.04. The third-order valence-corrected chi connectivity index (χ3v) is 18.6. The van der Waals surface area contributed by atoms with Gasteiger partial charge in [0.2, 0.25) is 15.7 Å². The van der Waals surface area contributed by atoms with E-state index in [0.29, 0.717) is 58.1 Å². The number of anilines is 1. The number of benzene rings is 2. The molecule has 0 bridgehead atoms. The lowest BCUT2D eigenvalue weighted by Crippen LogP contribution is -2.30. The summed E-state index contributed by atoms with van der Waals surface area (Å²) in [5, 5.41) is 9.06. The van der Waals surface area contributed by atoms with Gasteiger partial charge in [-0.1, -0.05) is 26.0 Å². The first-order valence-electron chi connectivity index (χ1n) is 21.4. The van der Waals surface area contributed by atoms with Crippen molar-refractivity contribution in [1.82, 2.24) is 4.31 Å². The Kier molecular flexibility index (Phi) is 17.0. The minimum absolute atomic E-state index is 0.00253. The Bertz CT molecular complexity index is 3060. The topological polar surface area (TPSA) is 298 Å². The van der Waals surface area contributed by atoms with E-state index in [2.05, 4.69) is 0 Å². The Balaban J connectivity index is 1.62. The zero-order valence-corrected chi connectivity index (χ0v) is 43.1. The molecule has 0 amide bonds. The van der Waals surface area contributed by atoms with Crippen LogP contribution in [0.4, 0.5) is 11.4 Å². The second-order valence-electron chi connectivity index (χ2n) is 17.8. The van der Waals surface area contributed by atoms with Crippen molar-refractivity contribution < 1.29 is 74.8 Å². The second kappa shape index (κ2) is 20.9. The number of thioether (sulfide) groups is 1. The number of sulfonamides is 1. The second-order valence-corrected chi connectivity index (χ2v) is 27.1. The van der Waals surface area contributed by atoms with Crippen molar-refractivity contribution in [2.45, 2.75) is 93.3 Å². The van der Waals surface area contributed by atoms with Gasteiger partial charge in [0.05, 0.1) is 32.5 Å². The number of fused-ring (bicyclic) bond motifs is 2. The predicted molar refractivity (Wildman–Crippen MR) is 260 cm³/mol. The molecule has 3 aliphatic rings. The third kappa shape index (κ3) is 13.6. The van der Waals surface area contributed by atoms with Crippen LogP contribution in [0.1, 0.15) is 83.8 Å². The standard InChI is InChI=1S/C43H57N3O16S6/c1-42(2)34-28-32(67(58,59)44(5)21-7-12-40(47)48)15-17-36(34)45(22-8-25-64(49,50)51)38(42)19-13-30-10-6-11-31(41(30)63-24-27-66(55,56)57)14-20-39-43(3,4)35-29-33(68(60,61)62)16-18-37(35)46(39)23-9-26-65(52,53)54/h13-20,28-29H,6-12,21-27H2,1-5H3,(H4-,47,48,49,50,51,52,53,54,55,56,57,60,61,62)/p+1. The molecule has 2 aromatic rings. The molecule has 0 radical (unpaired) electrons. The number of carboxylic acids is 1. The first-order chi connectivity index (χ1) is 31.2. The van der Waals surface area contributed by atoms with Crippen molar-refractivity contribution >= 4 is 85.3 Å². The largest absolute Gasteiger partial charge is 0.481 e. The van der Waals surface area contributed by atoms with E-state index in [-0.39, 0.29) is 60.9 Å². The van der Waals surface area contributed by atoms with Crippen LogP contribution in [-0.2, 0) is 66.1 Å². The fourth-order valence-electron chi connectivity index (χ4n) is 8.69. The fraction of sp³-hybridized carbons (Fsp3) is 0.488. The van der Waals surface area contributed by atoms with Crippen LogP contribution in [0, 0.1) is 0 Å². The average molecular weight is 1070 g/mol. The number of carboxylic acid groups (broad SMARTS) is 1. The maximum atomic E-state index is 13.7. The average Bonchev–Trinajstić information content (AvgIpc) is 3.54. The summed E-state index contributed by atoms with van der Waals surface area (Å²) in [6.45, 7) is 7.58. The van der Waals surface area contributed by atoms with Gasteiger partial charge in [0, 0.05) is 78.1 Å². The molecule has 2 heterocycles. The summed E-state index contributed by atoms with van der Waals surface area (Å²) in [6, 6.07) is 8.68. The van der Waals surface area contributed by atoms with Gasteiger partial charge in [-0.3, -0.25) is 23.0 Å². The minimum atomic E-state index is -4.59. The Hall–Kier alpha value is -3.76. The molecule has 25 heteroatoms. The molecule has 0 aromatic heterocycles. The van der Waals surface area contributed by atoms with E-state index in [1.54, 1.807) is 6.07 Å². The summed E-state index contributed by atoms with van der Waals surface area (Å²) in [4.78, 5) is 13.2. The lowest BCUT2D eigenvalue weighted by atomic mass is 9.81. The molecule has 376 valence electrons. The Morgan fingerprint density at radius 2 is 1.38 bits per heavy atom. The van der Waals surface area contributed by atoms with Crippen LogP contribution >= 0.6 is 11.8 Å². The van der Waals surface area contributed by atoms with Gasteiger partial charge in [-0.15, -0.1) is 11.8 Å². The van der Waals surface area contributed by atoms with Gasteiger partial charge >= 0.3 is 5.97 Å². The predicted octanol–water partition coefficient (Wildman–Crippen LogP) is 5.57. The normalized spacial score (nSPS) is 18.9. The number of rotatable bonds is 22. The van der Waals surface area contributed by atoms with E-state index in [1.807, 2.05) is 61.5 Å². The van der Waals surface area contributed by atoms with Crippen molar-refractivity contribution in [1.29, 1.82) is 0 Å². The molecule has 5 rings (SSSR count). The molecular formula is C43H58N3O16S6+. The number of carbonyl (C=O) groups is 1. The van der Waals surface area contributed by atoms with Crippen LogP contribution < -0.4 is 4.90 Å². The summed E-state index contributed by atoms with van der Waals surface area (Å²) in [7, 11) is -20.3.